The minimum Gasteiger partial charge on any atom is -0.385 e. The molecule has 0 unspecified atom stereocenters. The van der Waals surface area contributed by atoms with Crippen LogP contribution in [0.3, 0.4) is 0 Å². The van der Waals surface area contributed by atoms with E-state index in [-0.39, 0.29) is 12.5 Å². The number of para-hydroxylation sites is 1. The van der Waals surface area contributed by atoms with E-state index in [9.17, 15) is 13.2 Å². The predicted octanol–water partition coefficient (Wildman–Crippen LogP) is 2.42. The van der Waals surface area contributed by atoms with E-state index in [1.54, 1.807) is 55.6 Å². The molecule has 0 aromatic heterocycles. The molecule has 7 heteroatoms. The normalized spacial score (nSPS) is 11.2. The largest absolute Gasteiger partial charge is 0.385 e. The second kappa shape index (κ2) is 9.35. The van der Waals surface area contributed by atoms with Crippen molar-refractivity contribution in [1.82, 2.24) is 5.32 Å². The molecule has 1 amide bonds. The maximum Gasteiger partial charge on any atom is 0.251 e. The molecule has 0 spiro atoms. The van der Waals surface area contributed by atoms with E-state index < -0.39 is 10.0 Å². The summed E-state index contributed by atoms with van der Waals surface area (Å²) in [5.74, 6) is -0.157. The molecule has 6 nitrogen and oxygen atoms in total. The van der Waals surface area contributed by atoms with Crippen LogP contribution >= 0.6 is 0 Å². The van der Waals surface area contributed by atoms with E-state index in [4.69, 9.17) is 4.74 Å². The molecule has 0 radical (unpaired) electrons. The highest BCUT2D eigenvalue weighted by molar-refractivity contribution is 7.92. The van der Waals surface area contributed by atoms with Gasteiger partial charge in [0, 0.05) is 25.8 Å². The first-order valence-corrected chi connectivity index (χ1v) is 10.2. The summed E-state index contributed by atoms with van der Waals surface area (Å²) in [4.78, 5) is 12.1. The van der Waals surface area contributed by atoms with Crippen molar-refractivity contribution in [2.45, 2.75) is 13.0 Å². The number of nitrogens with zero attached hydrogens (tertiary/aromatic N) is 1. The fourth-order valence-electron chi connectivity index (χ4n) is 2.44. The van der Waals surface area contributed by atoms with Crippen molar-refractivity contribution in [2.24, 2.45) is 0 Å². The molecule has 0 bridgehead atoms. The number of amides is 1. The van der Waals surface area contributed by atoms with Gasteiger partial charge in [0.05, 0.1) is 18.5 Å². The standard InChI is InChI=1S/C19H24N2O4S/c1-25-14-6-13-20-19(22)17-11-9-16(10-12-17)15-21(26(2,23)24)18-7-4-3-5-8-18/h3-5,7-12H,6,13-15H2,1-2H3,(H,20,22). The van der Waals surface area contributed by atoms with Crippen LogP contribution in [0, 0.1) is 0 Å². The summed E-state index contributed by atoms with van der Waals surface area (Å²) in [5, 5.41) is 2.82. The Morgan fingerprint density at radius 1 is 1.08 bits per heavy atom. The Balaban J connectivity index is 2.06. The number of sulfonamides is 1. The van der Waals surface area contributed by atoms with Crippen LogP contribution in [-0.4, -0.2) is 40.8 Å². The lowest BCUT2D eigenvalue weighted by molar-refractivity contribution is 0.0948. The molecule has 0 aliphatic carbocycles. The quantitative estimate of drug-likeness (QED) is 0.682. The number of ether oxygens (including phenoxy) is 1. The first-order valence-electron chi connectivity index (χ1n) is 8.30. The van der Waals surface area contributed by atoms with E-state index in [2.05, 4.69) is 5.32 Å². The smallest absolute Gasteiger partial charge is 0.251 e. The topological polar surface area (TPSA) is 75.7 Å². The van der Waals surface area contributed by atoms with Gasteiger partial charge < -0.3 is 10.1 Å². The van der Waals surface area contributed by atoms with E-state index in [1.165, 1.54) is 10.6 Å². The number of carbonyl (C=O) groups excluding carboxylic acids is 1. The van der Waals surface area contributed by atoms with Gasteiger partial charge in [0.1, 0.15) is 0 Å². The van der Waals surface area contributed by atoms with Gasteiger partial charge in [-0.15, -0.1) is 0 Å². The second-order valence-corrected chi connectivity index (χ2v) is 7.81. The molecular formula is C19H24N2O4S. The molecule has 2 aromatic rings. The molecule has 2 aromatic carbocycles. The third kappa shape index (κ3) is 5.86. The number of nitrogens with one attached hydrogen (secondary N) is 1. The van der Waals surface area contributed by atoms with Crippen molar-refractivity contribution in [3.8, 4) is 0 Å². The number of benzene rings is 2. The van der Waals surface area contributed by atoms with Gasteiger partial charge in [-0.25, -0.2) is 8.42 Å². The Bertz CT molecular complexity index is 805. The zero-order valence-electron chi connectivity index (χ0n) is 15.0. The maximum atomic E-state index is 12.1. The van der Waals surface area contributed by atoms with Crippen LogP contribution in [0.4, 0.5) is 5.69 Å². The fourth-order valence-corrected chi connectivity index (χ4v) is 3.33. The zero-order chi connectivity index (χ0) is 19.0. The molecular weight excluding hydrogens is 352 g/mol. The lowest BCUT2D eigenvalue weighted by atomic mass is 10.1. The summed E-state index contributed by atoms with van der Waals surface area (Å²) < 4.78 is 30.5. The molecule has 26 heavy (non-hydrogen) atoms. The van der Waals surface area contributed by atoms with E-state index in [1.807, 2.05) is 6.07 Å². The Morgan fingerprint density at radius 3 is 2.31 bits per heavy atom. The number of hydrogen-bond donors (Lipinski definition) is 1. The van der Waals surface area contributed by atoms with Gasteiger partial charge in [-0.05, 0) is 36.2 Å². The van der Waals surface area contributed by atoms with Gasteiger partial charge >= 0.3 is 0 Å². The lowest BCUT2D eigenvalue weighted by Gasteiger charge is -2.22. The first kappa shape index (κ1) is 19.9. The van der Waals surface area contributed by atoms with Crippen LogP contribution in [0.1, 0.15) is 22.3 Å². The third-order valence-corrected chi connectivity index (χ3v) is 4.94. The van der Waals surface area contributed by atoms with Gasteiger partial charge in [0.15, 0.2) is 0 Å². The van der Waals surface area contributed by atoms with Crippen molar-refractivity contribution >= 4 is 21.6 Å². The molecule has 0 aliphatic rings. The first-order chi connectivity index (χ1) is 12.4. The summed E-state index contributed by atoms with van der Waals surface area (Å²) in [5.41, 5.74) is 1.95. The number of carbonyl (C=O) groups is 1. The summed E-state index contributed by atoms with van der Waals surface area (Å²) in [7, 11) is -1.80. The van der Waals surface area contributed by atoms with Crippen LogP contribution in [-0.2, 0) is 21.3 Å². The van der Waals surface area contributed by atoms with Crippen molar-refractivity contribution in [2.75, 3.05) is 30.8 Å². The van der Waals surface area contributed by atoms with Crippen LogP contribution in [0.5, 0.6) is 0 Å². The van der Waals surface area contributed by atoms with Crippen molar-refractivity contribution in [1.29, 1.82) is 0 Å². The SMILES string of the molecule is COCCCNC(=O)c1ccc(CN(c2ccccc2)S(C)(=O)=O)cc1. The highest BCUT2D eigenvalue weighted by Gasteiger charge is 2.17. The molecule has 0 heterocycles. The molecule has 0 aliphatic heterocycles. The van der Waals surface area contributed by atoms with Gasteiger partial charge in [-0.1, -0.05) is 30.3 Å². The average molecular weight is 376 g/mol. The number of anilines is 1. The van der Waals surface area contributed by atoms with Gasteiger partial charge in [0.2, 0.25) is 10.0 Å². The molecule has 1 N–H and O–H groups in total. The van der Waals surface area contributed by atoms with Crippen molar-refractivity contribution in [3.05, 3.63) is 65.7 Å². The maximum absolute atomic E-state index is 12.1. The molecule has 140 valence electrons. The summed E-state index contributed by atoms with van der Waals surface area (Å²) >= 11 is 0. The minimum absolute atomic E-state index is 0.157. The third-order valence-electron chi connectivity index (χ3n) is 3.80. The Morgan fingerprint density at radius 2 is 1.73 bits per heavy atom. The zero-order valence-corrected chi connectivity index (χ0v) is 15.8. The summed E-state index contributed by atoms with van der Waals surface area (Å²) in [6.07, 6.45) is 1.93. The molecule has 0 atom stereocenters. The molecule has 0 saturated heterocycles. The van der Waals surface area contributed by atoms with Crippen LogP contribution in [0.2, 0.25) is 0 Å². The van der Waals surface area contributed by atoms with E-state index in [0.717, 1.165) is 12.0 Å². The Labute approximate surface area is 154 Å². The summed E-state index contributed by atoms with van der Waals surface area (Å²) in [6.45, 7) is 1.35. The lowest BCUT2D eigenvalue weighted by Crippen LogP contribution is -2.29. The highest BCUT2D eigenvalue weighted by atomic mass is 32.2. The van der Waals surface area contributed by atoms with Gasteiger partial charge in [-0.2, -0.15) is 0 Å². The number of methoxy groups -OCH3 is 1. The van der Waals surface area contributed by atoms with Crippen LogP contribution < -0.4 is 9.62 Å². The van der Waals surface area contributed by atoms with E-state index in [0.29, 0.717) is 24.4 Å². The molecule has 2 rings (SSSR count). The number of hydrogen-bond acceptors (Lipinski definition) is 4. The van der Waals surface area contributed by atoms with E-state index >= 15 is 0 Å². The monoisotopic (exact) mass is 376 g/mol. The van der Waals surface area contributed by atoms with Crippen molar-refractivity contribution < 1.29 is 17.9 Å². The fraction of sp³-hybridized carbons (Fsp3) is 0.316. The number of rotatable bonds is 9. The summed E-state index contributed by atoms with van der Waals surface area (Å²) in [6, 6.07) is 15.9. The van der Waals surface area contributed by atoms with Crippen LogP contribution in [0.25, 0.3) is 0 Å². The average Bonchev–Trinajstić information content (AvgIpc) is 2.63. The Hall–Kier alpha value is -2.38. The minimum atomic E-state index is -3.42. The predicted molar refractivity (Wildman–Crippen MR) is 103 cm³/mol. The second-order valence-electron chi connectivity index (χ2n) is 5.90. The van der Waals surface area contributed by atoms with Gasteiger partial charge in [-0.3, -0.25) is 9.10 Å². The van der Waals surface area contributed by atoms with Crippen molar-refractivity contribution in [3.63, 3.8) is 0 Å². The molecule has 0 saturated carbocycles. The molecule has 0 fully saturated rings. The highest BCUT2D eigenvalue weighted by Crippen LogP contribution is 2.20. The van der Waals surface area contributed by atoms with Gasteiger partial charge in [0.25, 0.3) is 5.91 Å². The van der Waals surface area contributed by atoms with Crippen LogP contribution in [0.15, 0.2) is 54.6 Å². The Kier molecular flexibility index (Phi) is 7.17.